The van der Waals surface area contributed by atoms with Crippen molar-refractivity contribution >= 4 is 34.7 Å². The molecule has 9 heteroatoms. The van der Waals surface area contributed by atoms with Crippen molar-refractivity contribution in [3.63, 3.8) is 0 Å². The summed E-state index contributed by atoms with van der Waals surface area (Å²) < 4.78 is 4.80. The van der Waals surface area contributed by atoms with Crippen LogP contribution in [-0.2, 0) is 16.0 Å². The van der Waals surface area contributed by atoms with Crippen LogP contribution < -0.4 is 11.3 Å². The fourth-order valence-electron chi connectivity index (χ4n) is 1.95. The molecule has 0 saturated carbocycles. The molecule has 0 aliphatic carbocycles. The van der Waals surface area contributed by atoms with E-state index in [0.29, 0.717) is 5.03 Å². The van der Waals surface area contributed by atoms with Gasteiger partial charge < -0.3 is 20.4 Å². The fourth-order valence-corrected chi connectivity index (χ4v) is 2.55. The van der Waals surface area contributed by atoms with Crippen LogP contribution in [-0.4, -0.2) is 39.7 Å². The Morgan fingerprint density at radius 3 is 2.67 bits per heavy atom. The lowest BCUT2D eigenvalue weighted by Crippen LogP contribution is -2.19. The standard InChI is InChI=1S/C12H14N4O4S/c1-3-20-6(17)4-5-14-10-8(11(19)15-5)7(9(13)18)12(16-10)21-2/h3-4H2,1-2H3,(H2,13,18)(H2,14,15,16,19). The van der Waals surface area contributed by atoms with Crippen molar-refractivity contribution in [1.29, 1.82) is 0 Å². The zero-order valence-corrected chi connectivity index (χ0v) is 12.3. The van der Waals surface area contributed by atoms with E-state index < -0.39 is 17.4 Å². The third kappa shape index (κ3) is 2.92. The van der Waals surface area contributed by atoms with Gasteiger partial charge in [-0.3, -0.25) is 14.4 Å². The van der Waals surface area contributed by atoms with Gasteiger partial charge in [0, 0.05) is 0 Å². The van der Waals surface area contributed by atoms with Gasteiger partial charge in [-0.15, -0.1) is 11.8 Å². The molecule has 0 aliphatic rings. The van der Waals surface area contributed by atoms with E-state index >= 15 is 0 Å². The second kappa shape index (κ2) is 6.00. The van der Waals surface area contributed by atoms with Gasteiger partial charge in [0.25, 0.3) is 11.5 Å². The first-order valence-electron chi connectivity index (χ1n) is 6.12. The minimum absolute atomic E-state index is 0.0967. The second-order valence-corrected chi connectivity index (χ2v) is 4.93. The highest BCUT2D eigenvalue weighted by molar-refractivity contribution is 7.98. The molecule has 112 valence electrons. The first-order valence-corrected chi connectivity index (χ1v) is 7.34. The summed E-state index contributed by atoms with van der Waals surface area (Å²) in [6.07, 6.45) is 1.59. The molecular weight excluding hydrogens is 296 g/mol. The van der Waals surface area contributed by atoms with E-state index in [4.69, 9.17) is 10.5 Å². The zero-order valence-electron chi connectivity index (χ0n) is 11.5. The second-order valence-electron chi connectivity index (χ2n) is 4.12. The van der Waals surface area contributed by atoms with Gasteiger partial charge in [-0.25, -0.2) is 4.98 Å². The monoisotopic (exact) mass is 310 g/mol. The van der Waals surface area contributed by atoms with Crippen molar-refractivity contribution in [2.75, 3.05) is 12.9 Å². The smallest absolute Gasteiger partial charge is 0.313 e. The van der Waals surface area contributed by atoms with E-state index in [1.54, 1.807) is 13.2 Å². The molecule has 2 aromatic rings. The molecule has 0 atom stereocenters. The number of fused-ring (bicyclic) bond motifs is 1. The predicted molar refractivity (Wildman–Crippen MR) is 77.4 cm³/mol. The van der Waals surface area contributed by atoms with E-state index in [0.717, 1.165) is 0 Å². The van der Waals surface area contributed by atoms with E-state index in [9.17, 15) is 14.4 Å². The molecule has 0 saturated heterocycles. The number of H-pyrrole nitrogens is 2. The maximum absolute atomic E-state index is 12.1. The van der Waals surface area contributed by atoms with Gasteiger partial charge in [-0.2, -0.15) is 0 Å². The lowest BCUT2D eigenvalue weighted by molar-refractivity contribution is -0.142. The number of hydrogen-bond acceptors (Lipinski definition) is 6. The third-order valence-electron chi connectivity index (χ3n) is 2.75. The summed E-state index contributed by atoms with van der Waals surface area (Å²) in [5, 5.41) is 0.559. The van der Waals surface area contributed by atoms with E-state index in [2.05, 4.69) is 15.0 Å². The van der Waals surface area contributed by atoms with Crippen molar-refractivity contribution < 1.29 is 14.3 Å². The number of nitrogens with one attached hydrogen (secondary N) is 2. The first-order chi connectivity index (χ1) is 9.97. The van der Waals surface area contributed by atoms with Gasteiger partial charge in [0.05, 0.1) is 22.6 Å². The molecule has 0 bridgehead atoms. The number of hydrogen-bond donors (Lipinski definition) is 3. The fraction of sp³-hybridized carbons (Fsp3) is 0.333. The van der Waals surface area contributed by atoms with E-state index in [1.807, 2.05) is 0 Å². The minimum Gasteiger partial charge on any atom is -0.466 e. The molecule has 1 amide bonds. The number of ether oxygens (including phenoxy) is 1. The number of carbonyl (C=O) groups is 2. The molecular formula is C12H14N4O4S. The van der Waals surface area contributed by atoms with Crippen LogP contribution in [0, 0.1) is 0 Å². The van der Waals surface area contributed by atoms with Gasteiger partial charge >= 0.3 is 5.97 Å². The summed E-state index contributed by atoms with van der Waals surface area (Å²) >= 11 is 1.25. The summed E-state index contributed by atoms with van der Waals surface area (Å²) in [4.78, 5) is 44.5. The number of amides is 1. The Morgan fingerprint density at radius 1 is 1.38 bits per heavy atom. The highest BCUT2D eigenvalue weighted by Gasteiger charge is 2.20. The highest BCUT2D eigenvalue weighted by atomic mass is 32.2. The average molecular weight is 310 g/mol. The zero-order chi connectivity index (χ0) is 15.6. The number of esters is 1. The number of rotatable bonds is 5. The Bertz CT molecular complexity index is 764. The van der Waals surface area contributed by atoms with Crippen LogP contribution in [0.4, 0.5) is 0 Å². The molecule has 8 nitrogen and oxygen atoms in total. The van der Waals surface area contributed by atoms with Crippen molar-refractivity contribution in [3.05, 3.63) is 21.7 Å². The largest absolute Gasteiger partial charge is 0.466 e. The molecule has 2 rings (SSSR count). The SMILES string of the molecule is CCOC(=O)Cc1nc2[nH]c(SC)c(C(N)=O)c2c(=O)[nH]1. The number of nitrogens with zero attached hydrogens (tertiary/aromatic N) is 1. The number of aromatic amines is 2. The molecule has 2 heterocycles. The Morgan fingerprint density at radius 2 is 2.10 bits per heavy atom. The lowest BCUT2D eigenvalue weighted by Gasteiger charge is -2.01. The quantitative estimate of drug-likeness (QED) is 0.533. The number of thioether (sulfide) groups is 1. The Labute approximate surface area is 123 Å². The number of carbonyl (C=O) groups excluding carboxylic acids is 2. The molecule has 0 unspecified atom stereocenters. The summed E-state index contributed by atoms with van der Waals surface area (Å²) in [5.74, 6) is -1.04. The summed E-state index contributed by atoms with van der Waals surface area (Å²) in [6.45, 7) is 1.93. The van der Waals surface area contributed by atoms with Crippen LogP contribution in [0.3, 0.4) is 0 Å². The lowest BCUT2D eigenvalue weighted by atomic mass is 10.2. The van der Waals surface area contributed by atoms with Gasteiger partial charge in [-0.1, -0.05) is 0 Å². The average Bonchev–Trinajstić information content (AvgIpc) is 2.77. The van der Waals surface area contributed by atoms with Crippen LogP contribution >= 0.6 is 11.8 Å². The number of aromatic nitrogens is 3. The van der Waals surface area contributed by atoms with Crippen LogP contribution in [0.1, 0.15) is 23.1 Å². The molecule has 0 aromatic carbocycles. The van der Waals surface area contributed by atoms with Crippen LogP contribution in [0.5, 0.6) is 0 Å². The summed E-state index contributed by atoms with van der Waals surface area (Å²) in [5.41, 5.74) is 5.10. The molecule has 0 fully saturated rings. The molecule has 0 radical (unpaired) electrons. The topological polar surface area (TPSA) is 131 Å². The van der Waals surface area contributed by atoms with Crippen molar-refractivity contribution in [2.45, 2.75) is 18.4 Å². The number of primary amides is 1. The highest BCUT2D eigenvalue weighted by Crippen LogP contribution is 2.24. The van der Waals surface area contributed by atoms with Gasteiger partial charge in [-0.05, 0) is 13.2 Å². The molecule has 21 heavy (non-hydrogen) atoms. The first kappa shape index (κ1) is 15.1. The molecule has 0 spiro atoms. The van der Waals surface area contributed by atoms with Gasteiger partial charge in [0.15, 0.2) is 0 Å². The van der Waals surface area contributed by atoms with Crippen LogP contribution in [0.25, 0.3) is 11.0 Å². The maximum atomic E-state index is 12.1. The van der Waals surface area contributed by atoms with Crippen molar-refractivity contribution in [1.82, 2.24) is 15.0 Å². The normalized spacial score (nSPS) is 10.8. The Kier molecular flexibility index (Phi) is 4.32. The van der Waals surface area contributed by atoms with E-state index in [-0.39, 0.29) is 35.4 Å². The van der Waals surface area contributed by atoms with Crippen LogP contribution in [0.2, 0.25) is 0 Å². The minimum atomic E-state index is -0.712. The Hall–Kier alpha value is -2.29. The molecule has 4 N–H and O–H groups in total. The Balaban J connectivity index is 2.55. The van der Waals surface area contributed by atoms with Crippen LogP contribution in [0.15, 0.2) is 9.82 Å². The third-order valence-corrected chi connectivity index (χ3v) is 3.46. The predicted octanol–water partition coefficient (Wildman–Crippen LogP) is 0.178. The number of nitrogens with two attached hydrogens (primary N) is 1. The van der Waals surface area contributed by atoms with Crippen molar-refractivity contribution in [2.24, 2.45) is 5.73 Å². The van der Waals surface area contributed by atoms with Gasteiger partial charge in [0.2, 0.25) is 0 Å². The maximum Gasteiger partial charge on any atom is 0.313 e. The summed E-state index contributed by atoms with van der Waals surface area (Å²) in [7, 11) is 0. The van der Waals surface area contributed by atoms with Gasteiger partial charge in [0.1, 0.15) is 17.9 Å². The van der Waals surface area contributed by atoms with Crippen molar-refractivity contribution in [3.8, 4) is 0 Å². The van der Waals surface area contributed by atoms with E-state index in [1.165, 1.54) is 11.8 Å². The molecule has 0 aliphatic heterocycles. The summed E-state index contributed by atoms with van der Waals surface area (Å²) in [6, 6.07) is 0. The molecule has 2 aromatic heterocycles.